The zero-order valence-corrected chi connectivity index (χ0v) is 7.56. The maximum absolute atomic E-state index is 12.3. The zero-order valence-electron chi connectivity index (χ0n) is 6.81. The Hall–Kier alpha value is -1.10. The van der Waals surface area contributed by atoms with Crippen molar-refractivity contribution in [3.05, 3.63) is 29.6 Å². The number of aromatic nitrogens is 1. The first-order chi connectivity index (χ1) is 6.46. The van der Waals surface area contributed by atoms with Gasteiger partial charge in [-0.15, -0.1) is 11.6 Å². The summed E-state index contributed by atoms with van der Waals surface area (Å²) >= 11 is 5.15. The van der Waals surface area contributed by atoms with Gasteiger partial charge in [-0.25, -0.2) is 0 Å². The van der Waals surface area contributed by atoms with E-state index in [4.69, 9.17) is 11.6 Å². The lowest BCUT2D eigenvalue weighted by molar-refractivity contribution is -0.138. The molecule has 0 atom stereocenters. The molecular formula is C8H5ClF3NO. The van der Waals surface area contributed by atoms with Gasteiger partial charge in [0.25, 0.3) is 0 Å². The van der Waals surface area contributed by atoms with Gasteiger partial charge in [0, 0.05) is 6.20 Å². The first-order valence-corrected chi connectivity index (χ1v) is 4.11. The molecule has 0 aliphatic heterocycles. The Kier molecular flexibility index (Phi) is 3.10. The van der Waals surface area contributed by atoms with Crippen molar-refractivity contribution in [2.24, 2.45) is 0 Å². The summed E-state index contributed by atoms with van der Waals surface area (Å²) in [4.78, 5) is 14.3. The third-order valence-corrected chi connectivity index (χ3v) is 1.74. The molecule has 6 heteroatoms. The Morgan fingerprint density at radius 1 is 1.50 bits per heavy atom. The molecule has 0 fully saturated rings. The molecule has 14 heavy (non-hydrogen) atoms. The maximum Gasteiger partial charge on any atom is 0.418 e. The second-order valence-corrected chi connectivity index (χ2v) is 2.72. The SMILES string of the molecule is O=C(CCl)c1ncccc1C(F)(F)F. The second-order valence-electron chi connectivity index (χ2n) is 2.45. The van der Waals surface area contributed by atoms with E-state index in [0.29, 0.717) is 0 Å². The quantitative estimate of drug-likeness (QED) is 0.570. The maximum atomic E-state index is 12.3. The van der Waals surface area contributed by atoms with Crippen LogP contribution in [-0.4, -0.2) is 16.6 Å². The summed E-state index contributed by atoms with van der Waals surface area (Å²) < 4.78 is 36.9. The molecule has 2 nitrogen and oxygen atoms in total. The van der Waals surface area contributed by atoms with Crippen LogP contribution in [0.15, 0.2) is 18.3 Å². The van der Waals surface area contributed by atoms with E-state index in [1.807, 2.05) is 0 Å². The summed E-state index contributed by atoms with van der Waals surface area (Å²) in [6.45, 7) is 0. The standard InChI is InChI=1S/C8H5ClF3NO/c9-4-6(14)7-5(8(10,11)12)2-1-3-13-7/h1-3H,4H2. The molecule has 0 aromatic carbocycles. The van der Waals surface area contributed by atoms with Crippen molar-refractivity contribution in [2.45, 2.75) is 6.18 Å². The van der Waals surface area contributed by atoms with E-state index in [1.54, 1.807) is 0 Å². The highest BCUT2D eigenvalue weighted by molar-refractivity contribution is 6.30. The minimum absolute atomic E-state index is 0.514. The van der Waals surface area contributed by atoms with Crippen LogP contribution in [0.2, 0.25) is 0 Å². The summed E-state index contributed by atoms with van der Waals surface area (Å²) in [5.74, 6) is -1.35. The molecule has 76 valence electrons. The molecule has 0 N–H and O–H groups in total. The predicted octanol–water partition coefficient (Wildman–Crippen LogP) is 2.52. The first-order valence-electron chi connectivity index (χ1n) is 3.58. The molecule has 1 aromatic heterocycles. The van der Waals surface area contributed by atoms with E-state index in [1.165, 1.54) is 0 Å². The van der Waals surface area contributed by atoms with Crippen LogP contribution < -0.4 is 0 Å². The highest BCUT2D eigenvalue weighted by Gasteiger charge is 2.35. The third kappa shape index (κ3) is 2.23. The van der Waals surface area contributed by atoms with E-state index >= 15 is 0 Å². The normalized spacial score (nSPS) is 11.4. The Bertz CT molecular complexity index is 351. The summed E-state index contributed by atoms with van der Waals surface area (Å²) in [5.41, 5.74) is -1.68. The highest BCUT2D eigenvalue weighted by Crippen LogP contribution is 2.31. The van der Waals surface area contributed by atoms with Crippen LogP contribution in [0.3, 0.4) is 0 Å². The lowest BCUT2D eigenvalue weighted by atomic mass is 10.1. The molecule has 1 aromatic rings. The fraction of sp³-hybridized carbons (Fsp3) is 0.250. The van der Waals surface area contributed by atoms with Gasteiger partial charge < -0.3 is 0 Å². The van der Waals surface area contributed by atoms with Gasteiger partial charge in [-0.05, 0) is 12.1 Å². The van der Waals surface area contributed by atoms with Gasteiger partial charge in [-0.3, -0.25) is 9.78 Å². The number of carbonyl (C=O) groups excluding carboxylic acids is 1. The molecule has 0 radical (unpaired) electrons. The van der Waals surface area contributed by atoms with Crippen LogP contribution in [0.5, 0.6) is 0 Å². The molecule has 1 rings (SSSR count). The minimum Gasteiger partial charge on any atom is -0.291 e. The summed E-state index contributed by atoms with van der Waals surface area (Å²) in [7, 11) is 0. The lowest BCUT2D eigenvalue weighted by Gasteiger charge is -2.09. The van der Waals surface area contributed by atoms with Gasteiger partial charge in [-0.1, -0.05) is 0 Å². The topological polar surface area (TPSA) is 30.0 Å². The van der Waals surface area contributed by atoms with E-state index in [-0.39, 0.29) is 0 Å². The fourth-order valence-corrected chi connectivity index (χ4v) is 1.05. The van der Waals surface area contributed by atoms with Gasteiger partial charge in [0.15, 0.2) is 5.78 Å². The highest BCUT2D eigenvalue weighted by atomic mass is 35.5. The summed E-state index contributed by atoms with van der Waals surface area (Å²) in [6.07, 6.45) is -3.46. The number of nitrogens with zero attached hydrogens (tertiary/aromatic N) is 1. The van der Waals surface area contributed by atoms with E-state index in [0.717, 1.165) is 18.3 Å². The number of carbonyl (C=O) groups is 1. The van der Waals surface area contributed by atoms with Crippen LogP contribution in [0, 0.1) is 0 Å². The minimum atomic E-state index is -4.58. The molecule has 0 amide bonds. The van der Waals surface area contributed by atoms with Crippen molar-refractivity contribution in [3.8, 4) is 0 Å². The Morgan fingerprint density at radius 3 is 2.64 bits per heavy atom. The van der Waals surface area contributed by atoms with Crippen molar-refractivity contribution in [1.29, 1.82) is 0 Å². The van der Waals surface area contributed by atoms with Crippen LogP contribution in [0.25, 0.3) is 0 Å². The fourth-order valence-electron chi connectivity index (χ4n) is 0.920. The van der Waals surface area contributed by atoms with Crippen molar-refractivity contribution in [3.63, 3.8) is 0 Å². The average Bonchev–Trinajstić information content (AvgIpc) is 2.15. The van der Waals surface area contributed by atoms with Gasteiger partial charge in [0.05, 0.1) is 11.4 Å². The van der Waals surface area contributed by atoms with E-state index in [9.17, 15) is 18.0 Å². The first kappa shape index (κ1) is 11.0. The molecule has 0 aliphatic rings. The van der Waals surface area contributed by atoms with Crippen molar-refractivity contribution in [1.82, 2.24) is 4.98 Å². The van der Waals surface area contributed by atoms with Crippen molar-refractivity contribution < 1.29 is 18.0 Å². The van der Waals surface area contributed by atoms with Crippen LogP contribution in [0.1, 0.15) is 16.1 Å². The van der Waals surface area contributed by atoms with Crippen LogP contribution >= 0.6 is 11.6 Å². The third-order valence-electron chi connectivity index (χ3n) is 1.50. The van der Waals surface area contributed by atoms with E-state index < -0.39 is 29.1 Å². The number of ketones is 1. The van der Waals surface area contributed by atoms with Gasteiger partial charge in [-0.2, -0.15) is 13.2 Å². The Balaban J connectivity index is 3.23. The molecule has 1 heterocycles. The zero-order chi connectivity index (χ0) is 10.8. The molecular weight excluding hydrogens is 219 g/mol. The number of hydrogen-bond donors (Lipinski definition) is 0. The predicted molar refractivity (Wildman–Crippen MR) is 44.3 cm³/mol. The number of Topliss-reactive ketones (excluding diaryl/α,β-unsaturated/α-hetero) is 1. The van der Waals surface area contributed by atoms with Crippen LogP contribution in [-0.2, 0) is 6.18 Å². The van der Waals surface area contributed by atoms with Gasteiger partial charge in [0.1, 0.15) is 5.69 Å². The van der Waals surface area contributed by atoms with Crippen molar-refractivity contribution in [2.75, 3.05) is 5.88 Å². The Morgan fingerprint density at radius 2 is 2.14 bits per heavy atom. The molecule has 0 saturated carbocycles. The van der Waals surface area contributed by atoms with E-state index in [2.05, 4.69) is 4.98 Å². The average molecular weight is 224 g/mol. The summed E-state index contributed by atoms with van der Waals surface area (Å²) in [5, 5.41) is 0. The molecule has 0 spiro atoms. The monoisotopic (exact) mass is 223 g/mol. The van der Waals surface area contributed by atoms with Crippen LogP contribution in [0.4, 0.5) is 13.2 Å². The molecule has 0 bridgehead atoms. The summed E-state index contributed by atoms with van der Waals surface area (Å²) in [6, 6.07) is 1.92. The van der Waals surface area contributed by atoms with Gasteiger partial charge >= 0.3 is 6.18 Å². The number of rotatable bonds is 2. The molecule has 0 aliphatic carbocycles. The number of halogens is 4. The Labute approximate surface area is 82.7 Å². The molecule has 0 saturated heterocycles. The number of alkyl halides is 4. The number of pyridine rings is 1. The largest absolute Gasteiger partial charge is 0.418 e. The lowest BCUT2D eigenvalue weighted by Crippen LogP contribution is -2.15. The smallest absolute Gasteiger partial charge is 0.291 e. The van der Waals surface area contributed by atoms with Crippen molar-refractivity contribution >= 4 is 17.4 Å². The number of hydrogen-bond acceptors (Lipinski definition) is 2. The van der Waals surface area contributed by atoms with Gasteiger partial charge in [0.2, 0.25) is 0 Å². The molecule has 0 unspecified atom stereocenters. The second kappa shape index (κ2) is 3.96.